The summed E-state index contributed by atoms with van der Waals surface area (Å²) >= 11 is 0. The van der Waals surface area contributed by atoms with Gasteiger partial charge in [0.25, 0.3) is 0 Å². The zero-order chi connectivity index (χ0) is 14.0. The maximum atomic E-state index is 5.88. The standard InChI is InChI=1S/C16H27O2/c1-15(2,3)12-9-8-10-13(16(4,5)6)14(12)18-11-17-7/h8-9H,10-11H2,1-7H3. The van der Waals surface area contributed by atoms with Crippen molar-refractivity contribution in [2.75, 3.05) is 13.9 Å². The minimum Gasteiger partial charge on any atom is -0.467 e. The number of hydrogen-bond acceptors (Lipinski definition) is 2. The Morgan fingerprint density at radius 1 is 1.06 bits per heavy atom. The molecule has 0 aromatic carbocycles. The summed E-state index contributed by atoms with van der Waals surface area (Å²) in [6.45, 7) is 13.7. The van der Waals surface area contributed by atoms with E-state index in [2.05, 4.69) is 54.0 Å². The summed E-state index contributed by atoms with van der Waals surface area (Å²) in [7, 11) is 1.66. The molecule has 0 heterocycles. The number of rotatable bonds is 3. The van der Waals surface area contributed by atoms with Gasteiger partial charge in [0.05, 0.1) is 0 Å². The van der Waals surface area contributed by atoms with Crippen molar-refractivity contribution in [2.24, 2.45) is 10.8 Å². The summed E-state index contributed by atoms with van der Waals surface area (Å²) in [5, 5.41) is 0. The van der Waals surface area contributed by atoms with E-state index in [4.69, 9.17) is 9.47 Å². The molecule has 0 aromatic heterocycles. The lowest BCUT2D eigenvalue weighted by Crippen LogP contribution is -2.23. The largest absolute Gasteiger partial charge is 0.467 e. The molecule has 1 radical (unpaired) electrons. The molecular weight excluding hydrogens is 224 g/mol. The van der Waals surface area contributed by atoms with Crippen LogP contribution >= 0.6 is 0 Å². The van der Waals surface area contributed by atoms with E-state index in [-0.39, 0.29) is 10.8 Å². The Hall–Kier alpha value is -0.760. The van der Waals surface area contributed by atoms with Crippen LogP contribution in [-0.2, 0) is 9.47 Å². The molecule has 0 bridgehead atoms. The fraction of sp³-hybridized carbons (Fsp3) is 0.688. The molecule has 0 spiro atoms. The second-order valence-electron chi connectivity index (χ2n) is 6.88. The Labute approximate surface area is 112 Å². The third kappa shape index (κ3) is 3.61. The smallest absolute Gasteiger partial charge is 0.188 e. The van der Waals surface area contributed by atoms with Gasteiger partial charge < -0.3 is 9.47 Å². The van der Waals surface area contributed by atoms with Crippen molar-refractivity contribution in [3.63, 3.8) is 0 Å². The summed E-state index contributed by atoms with van der Waals surface area (Å²) in [6.07, 6.45) is 5.39. The first kappa shape index (κ1) is 15.3. The van der Waals surface area contributed by atoms with Crippen LogP contribution in [0.1, 0.15) is 48.0 Å². The lowest BCUT2D eigenvalue weighted by Gasteiger charge is -2.34. The Balaban J connectivity index is 3.19. The van der Waals surface area contributed by atoms with Gasteiger partial charge in [-0.2, -0.15) is 0 Å². The van der Waals surface area contributed by atoms with Gasteiger partial charge in [-0.15, -0.1) is 0 Å². The van der Waals surface area contributed by atoms with Crippen molar-refractivity contribution < 1.29 is 9.47 Å². The molecule has 0 N–H and O–H groups in total. The van der Waals surface area contributed by atoms with Gasteiger partial charge in [-0.3, -0.25) is 0 Å². The molecule has 0 saturated carbocycles. The van der Waals surface area contributed by atoms with Crippen molar-refractivity contribution in [3.8, 4) is 0 Å². The van der Waals surface area contributed by atoms with Gasteiger partial charge in [0, 0.05) is 7.11 Å². The van der Waals surface area contributed by atoms with Crippen molar-refractivity contribution in [1.82, 2.24) is 0 Å². The molecule has 18 heavy (non-hydrogen) atoms. The second-order valence-corrected chi connectivity index (χ2v) is 6.88. The van der Waals surface area contributed by atoms with Crippen LogP contribution in [0.4, 0.5) is 0 Å². The van der Waals surface area contributed by atoms with Crippen molar-refractivity contribution >= 4 is 0 Å². The molecule has 1 aliphatic carbocycles. The van der Waals surface area contributed by atoms with Crippen LogP contribution in [0.25, 0.3) is 0 Å². The van der Waals surface area contributed by atoms with Crippen LogP contribution in [0.3, 0.4) is 0 Å². The van der Waals surface area contributed by atoms with Gasteiger partial charge in [-0.05, 0) is 34.8 Å². The normalized spacial score (nSPS) is 17.8. The quantitative estimate of drug-likeness (QED) is 0.688. The molecule has 1 aliphatic rings. The van der Waals surface area contributed by atoms with E-state index in [0.29, 0.717) is 6.79 Å². The molecule has 0 atom stereocenters. The fourth-order valence-corrected chi connectivity index (χ4v) is 2.15. The number of hydrogen-bond donors (Lipinski definition) is 0. The predicted molar refractivity (Wildman–Crippen MR) is 75.9 cm³/mol. The van der Waals surface area contributed by atoms with Crippen LogP contribution in [-0.4, -0.2) is 13.9 Å². The van der Waals surface area contributed by atoms with Gasteiger partial charge >= 0.3 is 0 Å². The molecule has 0 fully saturated rings. The first-order valence-corrected chi connectivity index (χ1v) is 6.57. The second kappa shape index (κ2) is 5.48. The van der Waals surface area contributed by atoms with E-state index in [1.807, 2.05) is 0 Å². The lowest BCUT2D eigenvalue weighted by molar-refractivity contribution is 0.00346. The van der Waals surface area contributed by atoms with Crippen LogP contribution in [0.2, 0.25) is 0 Å². The Morgan fingerprint density at radius 2 is 1.67 bits per heavy atom. The maximum Gasteiger partial charge on any atom is 0.188 e. The average molecular weight is 251 g/mol. The third-order valence-corrected chi connectivity index (χ3v) is 3.16. The van der Waals surface area contributed by atoms with Gasteiger partial charge in [0.15, 0.2) is 6.79 Å². The minimum atomic E-state index is 0.0799. The Kier molecular flexibility index (Phi) is 4.66. The van der Waals surface area contributed by atoms with E-state index in [0.717, 1.165) is 12.2 Å². The predicted octanol–water partition coefficient (Wildman–Crippen LogP) is 4.49. The van der Waals surface area contributed by atoms with Crippen LogP contribution in [0, 0.1) is 17.3 Å². The lowest BCUT2D eigenvalue weighted by atomic mass is 9.74. The van der Waals surface area contributed by atoms with Crippen molar-refractivity contribution in [3.05, 3.63) is 29.4 Å². The van der Waals surface area contributed by atoms with Crippen LogP contribution < -0.4 is 0 Å². The van der Waals surface area contributed by atoms with E-state index in [9.17, 15) is 0 Å². The zero-order valence-electron chi connectivity index (χ0n) is 12.9. The summed E-state index contributed by atoms with van der Waals surface area (Å²) in [5.74, 6) is 1.03. The van der Waals surface area contributed by atoms with Gasteiger partial charge in [0.1, 0.15) is 5.76 Å². The maximum absolute atomic E-state index is 5.88. The Morgan fingerprint density at radius 3 is 2.11 bits per heavy atom. The summed E-state index contributed by atoms with van der Waals surface area (Å²) in [4.78, 5) is 0. The van der Waals surface area contributed by atoms with Crippen LogP contribution in [0.15, 0.2) is 23.0 Å². The summed E-state index contributed by atoms with van der Waals surface area (Å²) < 4.78 is 11.0. The highest BCUT2D eigenvalue weighted by Crippen LogP contribution is 2.43. The minimum absolute atomic E-state index is 0.0799. The van der Waals surface area contributed by atoms with Crippen molar-refractivity contribution in [1.29, 1.82) is 0 Å². The molecule has 2 heteroatoms. The fourth-order valence-electron chi connectivity index (χ4n) is 2.15. The highest BCUT2D eigenvalue weighted by molar-refractivity contribution is 5.43. The summed E-state index contributed by atoms with van der Waals surface area (Å²) in [6, 6.07) is 0. The molecule has 0 saturated heterocycles. The molecule has 103 valence electrons. The van der Waals surface area contributed by atoms with E-state index in [1.54, 1.807) is 7.11 Å². The highest BCUT2D eigenvalue weighted by atomic mass is 16.7. The average Bonchev–Trinajstić information content (AvgIpc) is 2.23. The van der Waals surface area contributed by atoms with Gasteiger partial charge in [-0.25, -0.2) is 0 Å². The van der Waals surface area contributed by atoms with Gasteiger partial charge in [-0.1, -0.05) is 47.6 Å². The summed E-state index contributed by atoms with van der Waals surface area (Å²) in [5.41, 5.74) is 2.81. The SMILES string of the molecule is COCOC1=C(C(C)(C)C)C[CH]C=C1C(C)(C)C. The molecule has 1 rings (SSSR count). The Bertz CT molecular complexity index is 348. The molecular formula is C16H27O2. The van der Waals surface area contributed by atoms with Crippen molar-refractivity contribution in [2.45, 2.75) is 48.0 Å². The van der Waals surface area contributed by atoms with Gasteiger partial charge in [0.2, 0.25) is 0 Å². The molecule has 0 unspecified atom stereocenters. The third-order valence-electron chi connectivity index (χ3n) is 3.16. The molecule has 0 aromatic rings. The zero-order valence-corrected chi connectivity index (χ0v) is 12.9. The van der Waals surface area contributed by atoms with E-state index >= 15 is 0 Å². The van der Waals surface area contributed by atoms with Crippen LogP contribution in [0.5, 0.6) is 0 Å². The molecule has 0 aliphatic heterocycles. The first-order valence-electron chi connectivity index (χ1n) is 6.57. The van der Waals surface area contributed by atoms with E-state index in [1.165, 1.54) is 11.1 Å². The number of ether oxygens (including phenoxy) is 2. The molecule has 2 nitrogen and oxygen atoms in total. The first-order chi connectivity index (χ1) is 8.18. The number of methoxy groups -OCH3 is 1. The highest BCUT2D eigenvalue weighted by Gasteiger charge is 2.31. The molecule has 0 amide bonds. The monoisotopic (exact) mass is 251 g/mol. The van der Waals surface area contributed by atoms with E-state index < -0.39 is 0 Å². The number of allylic oxidation sites excluding steroid dienone is 3. The topological polar surface area (TPSA) is 18.5 Å².